The van der Waals surface area contributed by atoms with E-state index in [0.717, 1.165) is 67.0 Å². The van der Waals surface area contributed by atoms with Crippen LogP contribution in [0.15, 0.2) is 256 Å². The van der Waals surface area contributed by atoms with Gasteiger partial charge in [-0.05, 0) is 101 Å². The first-order chi connectivity index (χ1) is 47.5. The predicted molar refractivity (Wildman–Crippen MR) is 374 cm³/mol. The van der Waals surface area contributed by atoms with E-state index in [0.29, 0.717) is 81.5 Å². The first-order valence-corrected chi connectivity index (χ1v) is 30.8. The average molecular weight is 1320 g/mol. The van der Waals surface area contributed by atoms with Crippen LogP contribution in [0.5, 0.6) is 0 Å². The van der Waals surface area contributed by atoms with Crippen LogP contribution >= 0.6 is 23.2 Å². The molecule has 12 heterocycles. The lowest BCUT2D eigenvalue weighted by atomic mass is 9.82. The van der Waals surface area contributed by atoms with Gasteiger partial charge in [-0.2, -0.15) is 10.2 Å². The number of rotatable bonds is 16. The number of hydrogen-bond acceptors (Lipinski definition) is 19. The van der Waals surface area contributed by atoms with Crippen molar-refractivity contribution in [2.24, 2.45) is 5.73 Å². The van der Waals surface area contributed by atoms with Gasteiger partial charge in [0.05, 0.1) is 52.9 Å². The van der Waals surface area contributed by atoms with Gasteiger partial charge < -0.3 is 31.7 Å². The number of nitrogens with one attached hydrogen (secondary N) is 3. The highest BCUT2D eigenvalue weighted by Gasteiger charge is 2.20. The maximum Gasteiger partial charge on any atom is 0.490 e. The Labute approximate surface area is 564 Å². The van der Waals surface area contributed by atoms with Gasteiger partial charge >= 0.3 is 7.12 Å². The fraction of sp³-hybridized carbons (Fsp3) is 0.0423. The Morgan fingerprint density at radius 3 is 1.29 bits per heavy atom. The second kappa shape index (κ2) is 30.9. The molecule has 0 saturated heterocycles. The zero-order valence-electron chi connectivity index (χ0n) is 51.2. The Kier molecular flexibility index (Phi) is 20.5. The third-order valence-corrected chi connectivity index (χ3v) is 15.0. The molecule has 23 nitrogen and oxygen atoms in total. The molecule has 0 aliphatic heterocycles. The molecule has 474 valence electrons. The molecule has 3 aromatic carbocycles. The number of hydrogen-bond donors (Lipinski definition) is 6. The molecule has 0 radical (unpaired) electrons. The predicted octanol–water partition coefficient (Wildman–Crippen LogP) is 11.4. The van der Waals surface area contributed by atoms with Crippen LogP contribution in [0, 0.1) is 11.3 Å². The van der Waals surface area contributed by atoms with Gasteiger partial charge in [-0.15, -0.1) is 15.3 Å². The number of nitriles is 1. The number of benzene rings is 3. The van der Waals surface area contributed by atoms with Gasteiger partial charge in [0.15, 0.2) is 29.1 Å². The van der Waals surface area contributed by atoms with Crippen LogP contribution in [0.4, 0.5) is 17.5 Å². The van der Waals surface area contributed by atoms with E-state index in [-0.39, 0.29) is 5.28 Å². The van der Waals surface area contributed by atoms with Crippen LogP contribution in [0.25, 0.3) is 72.7 Å². The van der Waals surface area contributed by atoms with Gasteiger partial charge in [0.2, 0.25) is 11.2 Å². The second-order valence-electron chi connectivity index (χ2n) is 21.2. The molecular formula is C71H55BCl2N20O3. The smallest absolute Gasteiger partial charge is 0.423 e. The summed E-state index contributed by atoms with van der Waals surface area (Å²) in [6, 6.07) is 60.7. The number of carbonyl (C=O) groups is 1. The Morgan fingerprint density at radius 2 is 0.887 bits per heavy atom. The van der Waals surface area contributed by atoms with Crippen molar-refractivity contribution >= 4 is 75.7 Å². The number of nitrogens with zero attached hydrogens (tertiary/aromatic N) is 16. The van der Waals surface area contributed by atoms with E-state index < -0.39 is 13.0 Å². The van der Waals surface area contributed by atoms with E-state index in [1.807, 2.05) is 163 Å². The molecule has 26 heteroatoms. The zero-order valence-corrected chi connectivity index (χ0v) is 52.8. The summed E-state index contributed by atoms with van der Waals surface area (Å²) in [4.78, 5) is 50.6. The largest absolute Gasteiger partial charge is 0.490 e. The summed E-state index contributed by atoms with van der Waals surface area (Å²) in [5, 5.41) is 50.8. The van der Waals surface area contributed by atoms with Crippen molar-refractivity contribution in [3.05, 3.63) is 295 Å². The zero-order chi connectivity index (χ0) is 66.9. The maximum atomic E-state index is 11.6. The van der Waals surface area contributed by atoms with Gasteiger partial charge in [-0.3, -0.25) is 34.7 Å². The molecule has 0 fully saturated rings. The molecule has 1 amide bonds. The Bertz CT molecular complexity index is 5190. The third-order valence-electron chi connectivity index (χ3n) is 14.7. The summed E-state index contributed by atoms with van der Waals surface area (Å²) in [5.41, 5.74) is 19.4. The van der Waals surface area contributed by atoms with Gasteiger partial charge in [-0.25, -0.2) is 23.5 Å². The maximum absolute atomic E-state index is 11.6. The lowest BCUT2D eigenvalue weighted by Crippen LogP contribution is -2.29. The van der Waals surface area contributed by atoms with Crippen LogP contribution in [-0.2, 0) is 19.6 Å². The fourth-order valence-corrected chi connectivity index (χ4v) is 10.5. The van der Waals surface area contributed by atoms with E-state index in [1.165, 1.54) is 30.9 Å². The van der Waals surface area contributed by atoms with E-state index >= 15 is 0 Å². The monoisotopic (exact) mass is 1320 g/mol. The van der Waals surface area contributed by atoms with Gasteiger partial charge in [0, 0.05) is 108 Å². The number of halogens is 2. The van der Waals surface area contributed by atoms with Gasteiger partial charge in [-0.1, -0.05) is 121 Å². The SMILES string of the molecule is Clc1nc(NCc2ccccn2)c2c(-c3ccccc3)ccn2n1.N#Cc1cncc(-c2nc(NCc3ccccn3)c3c(-c4ccccc4)ccn3n2)c1.NC(=O)c1cncc(-c2nc(NCc3ccccn3)c3c(-c4ccccc4)ccn3n2)c1.OB(O)c1cncc(Cl)c1. The summed E-state index contributed by atoms with van der Waals surface area (Å²) in [5.74, 6) is 2.37. The average Bonchev–Trinajstić information content (AvgIpc) is 1.70. The Balaban J connectivity index is 0.000000130. The molecular weight excluding hydrogens is 1260 g/mol. The highest BCUT2D eigenvalue weighted by molar-refractivity contribution is 6.58. The number of carbonyl (C=O) groups excluding carboxylic acids is 1. The highest BCUT2D eigenvalue weighted by atomic mass is 35.5. The summed E-state index contributed by atoms with van der Waals surface area (Å²) in [7, 11) is -1.49. The number of pyridine rings is 6. The Hall–Kier alpha value is -12.7. The van der Waals surface area contributed by atoms with Crippen molar-refractivity contribution in [2.75, 3.05) is 16.0 Å². The fourth-order valence-electron chi connectivity index (χ4n) is 10.1. The van der Waals surface area contributed by atoms with Gasteiger partial charge in [0.25, 0.3) is 0 Å². The first-order valence-electron chi connectivity index (χ1n) is 30.0. The number of anilines is 3. The molecule has 12 aromatic heterocycles. The number of primary amides is 1. The quantitative estimate of drug-likeness (QED) is 0.0490. The van der Waals surface area contributed by atoms with Crippen LogP contribution in [-0.4, -0.2) is 96.8 Å². The number of nitrogens with two attached hydrogens (primary N) is 1. The van der Waals surface area contributed by atoms with Crippen LogP contribution < -0.4 is 27.1 Å². The molecule has 0 spiro atoms. The summed E-state index contributed by atoms with van der Waals surface area (Å²) in [6.45, 7) is 1.57. The topological polar surface area (TPSA) is 311 Å². The van der Waals surface area contributed by atoms with E-state index in [1.54, 1.807) is 52.1 Å². The summed E-state index contributed by atoms with van der Waals surface area (Å²) < 4.78 is 5.34. The minimum absolute atomic E-state index is 0.196. The Morgan fingerprint density at radius 1 is 0.474 bits per heavy atom. The molecule has 0 aliphatic carbocycles. The lowest BCUT2D eigenvalue weighted by molar-refractivity contribution is 0.1000. The second-order valence-corrected chi connectivity index (χ2v) is 22.0. The summed E-state index contributed by atoms with van der Waals surface area (Å²) in [6.07, 6.45) is 20.0. The molecule has 15 rings (SSSR count). The number of amides is 1. The van der Waals surface area contributed by atoms with Crippen molar-refractivity contribution in [1.29, 1.82) is 5.26 Å². The molecule has 97 heavy (non-hydrogen) atoms. The molecule has 7 N–H and O–H groups in total. The van der Waals surface area contributed by atoms with Crippen LogP contribution in [0.2, 0.25) is 10.3 Å². The van der Waals surface area contributed by atoms with Crippen LogP contribution in [0.3, 0.4) is 0 Å². The van der Waals surface area contributed by atoms with Crippen molar-refractivity contribution in [1.82, 2.24) is 73.7 Å². The van der Waals surface area contributed by atoms with Crippen LogP contribution in [0.1, 0.15) is 33.0 Å². The number of aromatic nitrogens is 15. The van der Waals surface area contributed by atoms with E-state index in [2.05, 4.69) is 96.5 Å². The minimum atomic E-state index is -1.49. The lowest BCUT2D eigenvalue weighted by Gasteiger charge is -2.12. The van der Waals surface area contributed by atoms with Crippen molar-refractivity contribution in [3.8, 4) is 62.2 Å². The molecule has 0 bridgehead atoms. The summed E-state index contributed by atoms with van der Waals surface area (Å²) >= 11 is 11.6. The molecule has 15 aromatic rings. The minimum Gasteiger partial charge on any atom is -0.423 e. The first kappa shape index (κ1) is 64.4. The molecule has 0 aliphatic rings. The highest BCUT2D eigenvalue weighted by Crippen LogP contribution is 2.34. The van der Waals surface area contributed by atoms with E-state index in [4.69, 9.17) is 49.0 Å². The number of fused-ring (bicyclic) bond motifs is 3. The van der Waals surface area contributed by atoms with Gasteiger partial charge in [0.1, 0.15) is 22.6 Å². The standard InChI is InChI=1S/C24H19N7O.C24H17N7.C18H14ClN5.C5H5BClNO2/c25-22(32)17-12-18(14-26-13-17)23-29-24(28-15-19-8-4-5-10-27-19)21-20(9-11-31(21)30-23)16-6-2-1-3-7-16;25-13-17-12-19(15-26-14-17)23-29-24(28-16-20-8-4-5-10-27-20)22-21(9-11-31(22)30-23)18-6-2-1-3-7-18;19-18-22-17(21-12-14-8-4-5-10-20-14)16-15(9-11-24(16)23-18)13-6-2-1-3-7-13;7-5-1-4(6(9)10)2-8-3-5/h1-14H,15H2,(H2,25,32)(H,28,29,30);1-12,14-15H,16H2,(H,28,29,30);1-11H,12H2,(H,21,22,23);1-3,9-10H. The molecule has 0 unspecified atom stereocenters. The van der Waals surface area contributed by atoms with E-state index in [9.17, 15) is 10.1 Å². The normalized spacial score (nSPS) is 10.7. The third kappa shape index (κ3) is 16.1. The van der Waals surface area contributed by atoms with Crippen molar-refractivity contribution in [3.63, 3.8) is 0 Å². The molecule has 0 saturated carbocycles. The van der Waals surface area contributed by atoms with Crippen molar-refractivity contribution in [2.45, 2.75) is 19.6 Å². The molecule has 0 atom stereocenters. The van der Waals surface area contributed by atoms with Crippen molar-refractivity contribution < 1.29 is 14.8 Å².